The highest BCUT2D eigenvalue weighted by molar-refractivity contribution is 7.21. The maximum atomic E-state index is 5.11. The van der Waals surface area contributed by atoms with E-state index in [9.17, 15) is 0 Å². The van der Waals surface area contributed by atoms with Crippen molar-refractivity contribution in [3.8, 4) is 38.8 Å². The summed E-state index contributed by atoms with van der Waals surface area (Å²) in [7, 11) is 0. The summed E-state index contributed by atoms with van der Waals surface area (Å²) in [6.07, 6.45) is 0. The summed E-state index contributed by atoms with van der Waals surface area (Å²) in [5.41, 5.74) is 6.51. The van der Waals surface area contributed by atoms with Gasteiger partial charge in [0.2, 0.25) is 0 Å². The quantitative estimate of drug-likeness (QED) is 0.253. The molecule has 0 unspecified atom stereocenters. The van der Waals surface area contributed by atoms with Gasteiger partial charge in [-0.1, -0.05) is 121 Å². The zero-order valence-electron chi connectivity index (χ0n) is 19.4. The Kier molecular flexibility index (Phi) is 4.97. The van der Waals surface area contributed by atoms with E-state index in [2.05, 4.69) is 108 Å². The van der Waals surface area contributed by atoms with Gasteiger partial charge < -0.3 is 0 Å². The molecule has 3 nitrogen and oxygen atoms in total. The van der Waals surface area contributed by atoms with E-state index in [0.29, 0.717) is 0 Å². The van der Waals surface area contributed by atoms with E-state index in [-0.39, 0.29) is 0 Å². The van der Waals surface area contributed by atoms with E-state index in [1.54, 1.807) is 11.3 Å². The van der Waals surface area contributed by atoms with Crippen LogP contribution in [0.2, 0.25) is 0 Å². The van der Waals surface area contributed by atoms with E-state index in [1.807, 2.05) is 24.3 Å². The van der Waals surface area contributed by atoms with Gasteiger partial charge in [0.25, 0.3) is 0 Å². The molecule has 7 aromatic rings. The van der Waals surface area contributed by atoms with Crippen LogP contribution in [0.4, 0.5) is 0 Å². The van der Waals surface area contributed by atoms with Crippen LogP contribution in [0.5, 0.6) is 0 Å². The predicted molar refractivity (Wildman–Crippen MR) is 151 cm³/mol. The van der Waals surface area contributed by atoms with Gasteiger partial charge in [0.15, 0.2) is 10.5 Å². The van der Waals surface area contributed by atoms with Crippen LogP contribution in [0.15, 0.2) is 127 Å². The van der Waals surface area contributed by atoms with Crippen LogP contribution in [-0.4, -0.2) is 14.5 Å². The molecule has 0 saturated carbocycles. The third-order valence-electron chi connectivity index (χ3n) is 6.48. The van der Waals surface area contributed by atoms with E-state index in [0.717, 1.165) is 38.1 Å². The largest absolute Gasteiger partial charge is 0.276 e. The molecule has 0 atom stereocenters. The van der Waals surface area contributed by atoms with Gasteiger partial charge in [-0.25, -0.2) is 9.97 Å². The Balaban J connectivity index is 1.42. The molecule has 0 spiro atoms. The highest BCUT2D eigenvalue weighted by Crippen LogP contribution is 2.36. The summed E-state index contributed by atoms with van der Waals surface area (Å²) in [5.74, 6) is 0.904. The normalized spacial score (nSPS) is 11.3. The minimum atomic E-state index is 0.884. The van der Waals surface area contributed by atoms with E-state index in [1.165, 1.54) is 21.9 Å². The van der Waals surface area contributed by atoms with Crippen molar-refractivity contribution >= 4 is 32.6 Å². The zero-order valence-corrected chi connectivity index (χ0v) is 20.2. The van der Waals surface area contributed by atoms with Gasteiger partial charge in [-0.2, -0.15) is 0 Å². The Morgan fingerprint density at radius 1 is 0.500 bits per heavy atom. The third kappa shape index (κ3) is 3.60. The Morgan fingerprint density at radius 2 is 1.11 bits per heavy atom. The van der Waals surface area contributed by atoms with Crippen molar-refractivity contribution in [1.82, 2.24) is 14.5 Å². The van der Waals surface area contributed by atoms with Crippen LogP contribution in [0.25, 0.3) is 60.0 Å². The molecule has 0 aliphatic carbocycles. The molecule has 7 rings (SSSR count). The number of fused-ring (bicyclic) bond motifs is 2. The van der Waals surface area contributed by atoms with Crippen molar-refractivity contribution < 1.29 is 0 Å². The number of hydrogen-bond donors (Lipinski definition) is 0. The van der Waals surface area contributed by atoms with Gasteiger partial charge in [-0.3, -0.25) is 4.57 Å². The summed E-state index contributed by atoms with van der Waals surface area (Å²) in [5, 5.41) is 3.40. The van der Waals surface area contributed by atoms with Crippen LogP contribution in [0.1, 0.15) is 0 Å². The second-order valence-corrected chi connectivity index (χ2v) is 9.74. The first-order chi connectivity index (χ1) is 17.8. The minimum Gasteiger partial charge on any atom is -0.276 e. The smallest absolute Gasteiger partial charge is 0.177 e. The second-order valence-electron chi connectivity index (χ2n) is 8.76. The molecule has 0 aliphatic rings. The molecule has 2 heterocycles. The Labute approximate surface area is 213 Å². The fourth-order valence-electron chi connectivity index (χ4n) is 4.67. The number of rotatable bonds is 4. The average Bonchev–Trinajstić information content (AvgIpc) is 3.52. The van der Waals surface area contributed by atoms with Crippen LogP contribution in [0, 0.1) is 0 Å². The summed E-state index contributed by atoms with van der Waals surface area (Å²) < 4.78 is 2.19. The maximum absolute atomic E-state index is 5.11. The Morgan fingerprint density at radius 3 is 1.86 bits per heavy atom. The van der Waals surface area contributed by atoms with Gasteiger partial charge >= 0.3 is 0 Å². The Bertz CT molecular complexity index is 1820. The van der Waals surface area contributed by atoms with Crippen molar-refractivity contribution in [2.75, 3.05) is 0 Å². The van der Waals surface area contributed by atoms with Gasteiger partial charge in [-0.05, 0) is 40.1 Å². The zero-order chi connectivity index (χ0) is 23.9. The fourth-order valence-corrected chi connectivity index (χ4v) is 5.60. The molecule has 0 bridgehead atoms. The molecule has 36 heavy (non-hydrogen) atoms. The third-order valence-corrected chi connectivity index (χ3v) is 7.47. The number of hydrogen-bond acceptors (Lipinski definition) is 3. The highest BCUT2D eigenvalue weighted by Gasteiger charge is 2.19. The molecular formula is C32H21N3S. The van der Waals surface area contributed by atoms with E-state index >= 15 is 0 Å². The molecular weight excluding hydrogens is 458 g/mol. The van der Waals surface area contributed by atoms with Crippen molar-refractivity contribution in [3.05, 3.63) is 127 Å². The number of thiazole rings is 1. The molecule has 0 radical (unpaired) electrons. The predicted octanol–water partition coefficient (Wildman–Crippen LogP) is 8.64. The van der Waals surface area contributed by atoms with Crippen LogP contribution in [-0.2, 0) is 0 Å². The molecule has 2 aromatic heterocycles. The first-order valence-electron chi connectivity index (χ1n) is 11.9. The maximum Gasteiger partial charge on any atom is 0.177 e. The van der Waals surface area contributed by atoms with Crippen LogP contribution < -0.4 is 0 Å². The number of imidazole rings is 1. The second kappa shape index (κ2) is 8.59. The van der Waals surface area contributed by atoms with Crippen molar-refractivity contribution in [2.45, 2.75) is 0 Å². The lowest BCUT2D eigenvalue weighted by Crippen LogP contribution is -1.98. The summed E-state index contributed by atoms with van der Waals surface area (Å²) in [4.78, 5) is 11.1. The molecule has 0 N–H and O–H groups in total. The first kappa shape index (κ1) is 20.8. The number of benzene rings is 5. The lowest BCUT2D eigenvalue weighted by Gasteiger charge is -2.11. The van der Waals surface area contributed by atoms with Gasteiger partial charge in [0.05, 0.1) is 0 Å². The minimum absolute atomic E-state index is 0.884. The molecule has 0 amide bonds. The van der Waals surface area contributed by atoms with Crippen molar-refractivity contribution in [1.29, 1.82) is 0 Å². The van der Waals surface area contributed by atoms with Crippen LogP contribution >= 0.6 is 11.3 Å². The van der Waals surface area contributed by atoms with Gasteiger partial charge in [0.1, 0.15) is 10.8 Å². The molecule has 5 aromatic carbocycles. The SMILES string of the molecule is c1ccc(-c2ccc(-n3c(-c4ccc5ccccc5c4)nc4sc(-c5ccccc5)nc43)cc2)cc1. The fraction of sp³-hybridized carbons (Fsp3) is 0. The van der Waals surface area contributed by atoms with Crippen molar-refractivity contribution in [2.24, 2.45) is 0 Å². The lowest BCUT2D eigenvalue weighted by atomic mass is 10.1. The monoisotopic (exact) mass is 479 g/mol. The van der Waals surface area contributed by atoms with Crippen LogP contribution in [0.3, 0.4) is 0 Å². The van der Waals surface area contributed by atoms with Gasteiger partial charge in [0, 0.05) is 16.8 Å². The topological polar surface area (TPSA) is 30.7 Å². The first-order valence-corrected chi connectivity index (χ1v) is 12.7. The highest BCUT2D eigenvalue weighted by atomic mass is 32.1. The number of aromatic nitrogens is 3. The van der Waals surface area contributed by atoms with E-state index < -0.39 is 0 Å². The summed E-state index contributed by atoms with van der Waals surface area (Å²) in [6.45, 7) is 0. The molecule has 0 fully saturated rings. The van der Waals surface area contributed by atoms with Crippen molar-refractivity contribution in [3.63, 3.8) is 0 Å². The standard InChI is InChI=1S/C32H21N3S/c1-3-9-22(10-4-1)24-17-19-28(20-18-24)35-29(27-16-15-23-11-7-8-14-26(23)21-27)33-32-30(35)34-31(36-32)25-12-5-2-6-13-25/h1-21H. The van der Waals surface area contributed by atoms with Gasteiger partial charge in [-0.15, -0.1) is 0 Å². The average molecular weight is 480 g/mol. The lowest BCUT2D eigenvalue weighted by molar-refractivity contribution is 1.08. The molecule has 0 saturated heterocycles. The Hall–Kier alpha value is -4.54. The summed E-state index contributed by atoms with van der Waals surface area (Å²) in [6, 6.07) is 44.4. The van der Waals surface area contributed by atoms with E-state index in [4.69, 9.17) is 9.97 Å². The summed E-state index contributed by atoms with van der Waals surface area (Å²) >= 11 is 1.64. The number of nitrogens with zero attached hydrogens (tertiary/aromatic N) is 3. The molecule has 4 heteroatoms. The molecule has 170 valence electrons. The molecule has 0 aliphatic heterocycles.